The molecule has 0 radical (unpaired) electrons. The lowest BCUT2D eigenvalue weighted by molar-refractivity contribution is 0.587. The van der Waals surface area contributed by atoms with Crippen LogP contribution in [-0.4, -0.2) is 11.4 Å². The van der Waals surface area contributed by atoms with Crippen molar-refractivity contribution in [3.05, 3.63) is 113 Å². The molecule has 1 aliphatic heterocycles. The summed E-state index contributed by atoms with van der Waals surface area (Å²) in [5.74, 6) is 1.05. The van der Waals surface area contributed by atoms with Gasteiger partial charge in [-0.2, -0.15) is 0 Å². The Morgan fingerprint density at radius 3 is 2.25 bits per heavy atom. The third-order valence-electron chi connectivity index (χ3n) is 8.29. The molecule has 0 saturated carbocycles. The summed E-state index contributed by atoms with van der Waals surface area (Å²) >= 11 is 0. The van der Waals surface area contributed by atoms with E-state index >= 15 is 0 Å². The van der Waals surface area contributed by atoms with Gasteiger partial charge >= 0.3 is 0 Å². The van der Waals surface area contributed by atoms with Crippen molar-refractivity contribution in [3.8, 4) is 0 Å². The molecule has 36 heavy (non-hydrogen) atoms. The van der Waals surface area contributed by atoms with Crippen molar-refractivity contribution in [1.29, 1.82) is 0 Å². The highest BCUT2D eigenvalue weighted by Gasteiger charge is 2.40. The van der Waals surface area contributed by atoms with Gasteiger partial charge in [0.1, 0.15) is 5.84 Å². The molecule has 7 rings (SSSR count). The minimum Gasteiger partial charge on any atom is -0.316 e. The van der Waals surface area contributed by atoms with Crippen LogP contribution in [0.2, 0.25) is 0 Å². The quantitative estimate of drug-likeness (QED) is 0.237. The van der Waals surface area contributed by atoms with Crippen LogP contribution < -0.4 is 4.90 Å². The van der Waals surface area contributed by atoms with Gasteiger partial charge < -0.3 is 4.90 Å². The smallest absolute Gasteiger partial charge is 0.142 e. The van der Waals surface area contributed by atoms with Crippen molar-refractivity contribution in [3.63, 3.8) is 0 Å². The minimum atomic E-state index is -0.226. The number of amidine groups is 1. The van der Waals surface area contributed by atoms with E-state index < -0.39 is 0 Å². The zero-order valence-electron chi connectivity index (χ0n) is 21.4. The molecule has 1 aliphatic carbocycles. The van der Waals surface area contributed by atoms with Gasteiger partial charge in [-0.15, -0.1) is 0 Å². The fraction of sp³-hybridized carbons (Fsp3) is 0.206. The average Bonchev–Trinajstić information content (AvgIpc) is 2.89. The van der Waals surface area contributed by atoms with Crippen molar-refractivity contribution in [2.75, 3.05) is 4.90 Å². The summed E-state index contributed by atoms with van der Waals surface area (Å²) in [6.45, 7) is 9.11. The predicted octanol–water partition coefficient (Wildman–Crippen LogP) is 8.85. The molecule has 0 spiro atoms. The number of rotatable bonds is 2. The van der Waals surface area contributed by atoms with E-state index in [9.17, 15) is 0 Å². The summed E-state index contributed by atoms with van der Waals surface area (Å²) in [6, 6.07) is 26.9. The first kappa shape index (κ1) is 21.4. The molecule has 0 bridgehead atoms. The molecule has 0 unspecified atom stereocenters. The van der Waals surface area contributed by atoms with E-state index in [0.29, 0.717) is 0 Å². The molecule has 2 nitrogen and oxygen atoms in total. The Kier molecular flexibility index (Phi) is 4.48. The second-order valence-corrected chi connectivity index (χ2v) is 10.8. The third kappa shape index (κ3) is 2.88. The Balaban J connectivity index is 1.58. The molecule has 1 heterocycles. The summed E-state index contributed by atoms with van der Waals surface area (Å²) in [4.78, 5) is 7.92. The first-order valence-electron chi connectivity index (χ1n) is 13.0. The number of aliphatic imine (C=N–C) groups is 1. The fourth-order valence-corrected chi connectivity index (χ4v) is 6.44. The number of hydrogen-bond donors (Lipinski definition) is 0. The predicted molar refractivity (Wildman–Crippen MR) is 155 cm³/mol. The fourth-order valence-electron chi connectivity index (χ4n) is 6.44. The Hall–Kier alpha value is -3.91. The highest BCUT2D eigenvalue weighted by Crippen LogP contribution is 2.44. The van der Waals surface area contributed by atoms with Gasteiger partial charge in [0.15, 0.2) is 0 Å². The summed E-state index contributed by atoms with van der Waals surface area (Å²) in [5.41, 5.74) is 7.33. The third-order valence-corrected chi connectivity index (χ3v) is 8.29. The van der Waals surface area contributed by atoms with Crippen molar-refractivity contribution in [1.82, 2.24) is 0 Å². The highest BCUT2D eigenvalue weighted by molar-refractivity contribution is 6.29. The summed E-state index contributed by atoms with van der Waals surface area (Å²) in [5, 5.41) is 7.92. The first-order chi connectivity index (χ1) is 17.4. The van der Waals surface area contributed by atoms with Gasteiger partial charge in [0.2, 0.25) is 0 Å². The van der Waals surface area contributed by atoms with Gasteiger partial charge in [-0.1, -0.05) is 78.9 Å². The molecule has 0 amide bonds. The van der Waals surface area contributed by atoms with Crippen molar-refractivity contribution >= 4 is 43.8 Å². The van der Waals surface area contributed by atoms with E-state index in [1.807, 2.05) is 0 Å². The zero-order chi connectivity index (χ0) is 24.6. The molecule has 5 aromatic rings. The van der Waals surface area contributed by atoms with E-state index in [0.717, 1.165) is 18.7 Å². The molecule has 176 valence electrons. The minimum absolute atomic E-state index is 0.226. The van der Waals surface area contributed by atoms with E-state index in [1.54, 1.807) is 0 Å². The molecule has 2 aliphatic rings. The van der Waals surface area contributed by atoms with Crippen LogP contribution in [0, 0.1) is 13.8 Å². The molecule has 0 saturated heterocycles. The van der Waals surface area contributed by atoms with Gasteiger partial charge in [0, 0.05) is 16.9 Å². The van der Waals surface area contributed by atoms with Crippen molar-refractivity contribution < 1.29 is 0 Å². The standard InChI is InChI=1S/C34H30N2/c1-21-13-14-23-16-19-26-27(20-17-24-15-18-25(21)31(23)32(24)26)33-35-29-11-7-6-10-28(29)34(3,4)36(33)30-12-8-5-9-22(30)2/h5-6,8-10,12-20H,7,11H2,1-4H3. The highest BCUT2D eigenvalue weighted by atomic mass is 15.3. The van der Waals surface area contributed by atoms with Crippen LogP contribution in [0.3, 0.4) is 0 Å². The Morgan fingerprint density at radius 1 is 0.750 bits per heavy atom. The maximum absolute atomic E-state index is 5.44. The van der Waals surface area contributed by atoms with Crippen LogP contribution in [0.15, 0.2) is 101 Å². The molecule has 0 N–H and O–H groups in total. The number of para-hydroxylation sites is 1. The monoisotopic (exact) mass is 466 g/mol. The number of anilines is 1. The van der Waals surface area contributed by atoms with Gasteiger partial charge in [0.05, 0.1) is 5.54 Å². The molecular formula is C34H30N2. The van der Waals surface area contributed by atoms with E-state index in [-0.39, 0.29) is 5.54 Å². The molecule has 0 fully saturated rings. The Labute approximate surface area is 212 Å². The number of allylic oxidation sites excluding steroid dienone is 2. The molecule has 2 heteroatoms. The van der Waals surface area contributed by atoms with Crippen LogP contribution in [0.5, 0.6) is 0 Å². The summed E-state index contributed by atoms with van der Waals surface area (Å²) < 4.78 is 0. The van der Waals surface area contributed by atoms with E-state index in [2.05, 4.69) is 118 Å². The Bertz CT molecular complexity index is 1780. The number of hydrogen-bond acceptors (Lipinski definition) is 2. The van der Waals surface area contributed by atoms with E-state index in [4.69, 9.17) is 4.99 Å². The van der Waals surface area contributed by atoms with Gasteiger partial charge in [-0.25, -0.2) is 4.99 Å². The maximum Gasteiger partial charge on any atom is 0.142 e. The summed E-state index contributed by atoms with van der Waals surface area (Å²) in [6.07, 6.45) is 6.64. The molecule has 5 aromatic carbocycles. The van der Waals surface area contributed by atoms with Crippen LogP contribution in [0.1, 0.15) is 43.4 Å². The lowest BCUT2D eigenvalue weighted by Crippen LogP contribution is -2.52. The average molecular weight is 467 g/mol. The topological polar surface area (TPSA) is 15.6 Å². The molecule has 0 atom stereocenters. The lowest BCUT2D eigenvalue weighted by atomic mass is 9.82. The molecular weight excluding hydrogens is 436 g/mol. The largest absolute Gasteiger partial charge is 0.316 e. The Morgan fingerprint density at radius 2 is 1.44 bits per heavy atom. The lowest BCUT2D eigenvalue weighted by Gasteiger charge is -2.46. The van der Waals surface area contributed by atoms with Crippen LogP contribution in [-0.2, 0) is 0 Å². The van der Waals surface area contributed by atoms with E-state index in [1.165, 1.54) is 66.0 Å². The number of nitrogens with zero attached hydrogens (tertiary/aromatic N) is 2. The second kappa shape index (κ2) is 7.54. The van der Waals surface area contributed by atoms with Gasteiger partial charge in [0.25, 0.3) is 0 Å². The molecule has 0 aromatic heterocycles. The second-order valence-electron chi connectivity index (χ2n) is 10.8. The van der Waals surface area contributed by atoms with Crippen molar-refractivity contribution in [2.24, 2.45) is 4.99 Å². The van der Waals surface area contributed by atoms with Crippen LogP contribution in [0.25, 0.3) is 32.3 Å². The normalized spacial score (nSPS) is 17.3. The van der Waals surface area contributed by atoms with Crippen LogP contribution in [0.4, 0.5) is 5.69 Å². The number of benzene rings is 5. The van der Waals surface area contributed by atoms with Gasteiger partial charge in [-0.05, 0) is 95.6 Å². The summed E-state index contributed by atoms with van der Waals surface area (Å²) in [7, 11) is 0. The SMILES string of the molecule is Cc1ccccc1N1C(c2ccc3ccc4c(C)ccc5ccc2c3c54)=NC2=C(C=CCC2)C1(C)C. The van der Waals surface area contributed by atoms with Gasteiger partial charge in [-0.3, -0.25) is 0 Å². The maximum atomic E-state index is 5.44. The van der Waals surface area contributed by atoms with Crippen molar-refractivity contribution in [2.45, 2.75) is 46.1 Å². The first-order valence-corrected chi connectivity index (χ1v) is 13.0. The zero-order valence-corrected chi connectivity index (χ0v) is 21.4. The van der Waals surface area contributed by atoms with Crippen LogP contribution >= 0.6 is 0 Å². The number of aryl methyl sites for hydroxylation is 2.